The number of hydrogen-bond donors (Lipinski definition) is 1. The number of ether oxygens (including phenoxy) is 1. The van der Waals surface area contributed by atoms with Gasteiger partial charge in [-0.15, -0.1) is 0 Å². The third-order valence-electron chi connectivity index (χ3n) is 5.12. The molecule has 29 heavy (non-hydrogen) atoms. The number of carbonyl (C=O) groups is 1. The standard InChI is InChI=1S/C22H26F2N2O2S/c1-14-11-18(12-15(2)20(14)28-22(23)24)21(27)25-19-6-4-5-17(16(19)3)13-26-7-9-29-10-8-26/h4-6,11-12,22H,7-10,13H2,1-3H3,(H,25,27). The maximum atomic E-state index is 12.8. The van der Waals surface area contributed by atoms with Gasteiger partial charge >= 0.3 is 6.61 Å². The van der Waals surface area contributed by atoms with E-state index >= 15 is 0 Å². The quantitative estimate of drug-likeness (QED) is 0.713. The zero-order valence-corrected chi connectivity index (χ0v) is 17.7. The number of alkyl halides is 2. The highest BCUT2D eigenvalue weighted by molar-refractivity contribution is 7.99. The van der Waals surface area contributed by atoms with Gasteiger partial charge in [-0.3, -0.25) is 9.69 Å². The summed E-state index contributed by atoms with van der Waals surface area (Å²) in [6, 6.07) is 9.08. The summed E-state index contributed by atoms with van der Waals surface area (Å²) in [6.07, 6.45) is 0. The molecule has 7 heteroatoms. The average Bonchev–Trinajstić information content (AvgIpc) is 2.68. The van der Waals surface area contributed by atoms with E-state index in [0.717, 1.165) is 42.4 Å². The largest absolute Gasteiger partial charge is 0.434 e. The Morgan fingerprint density at radius 3 is 2.45 bits per heavy atom. The van der Waals surface area contributed by atoms with E-state index in [1.54, 1.807) is 26.0 Å². The fraction of sp³-hybridized carbons (Fsp3) is 0.409. The van der Waals surface area contributed by atoms with Crippen LogP contribution in [0.2, 0.25) is 0 Å². The molecule has 0 spiro atoms. The average molecular weight is 421 g/mol. The fourth-order valence-corrected chi connectivity index (χ4v) is 4.52. The maximum absolute atomic E-state index is 12.8. The third kappa shape index (κ3) is 5.48. The van der Waals surface area contributed by atoms with Crippen LogP contribution >= 0.6 is 11.8 Å². The van der Waals surface area contributed by atoms with E-state index in [4.69, 9.17) is 0 Å². The molecule has 4 nitrogen and oxygen atoms in total. The highest BCUT2D eigenvalue weighted by Crippen LogP contribution is 2.28. The number of carbonyl (C=O) groups excluding carboxylic acids is 1. The normalized spacial score (nSPS) is 14.8. The van der Waals surface area contributed by atoms with Crippen molar-refractivity contribution in [1.29, 1.82) is 0 Å². The van der Waals surface area contributed by atoms with Crippen molar-refractivity contribution in [2.24, 2.45) is 0 Å². The smallest absolute Gasteiger partial charge is 0.387 e. The second-order valence-electron chi connectivity index (χ2n) is 7.25. The van der Waals surface area contributed by atoms with Gasteiger partial charge in [0.05, 0.1) is 0 Å². The molecule has 0 atom stereocenters. The highest BCUT2D eigenvalue weighted by atomic mass is 32.2. The van der Waals surface area contributed by atoms with Gasteiger partial charge in [-0.2, -0.15) is 20.5 Å². The molecule has 1 aliphatic heterocycles. The number of anilines is 1. The highest BCUT2D eigenvalue weighted by Gasteiger charge is 2.17. The number of nitrogens with zero attached hydrogens (tertiary/aromatic N) is 1. The predicted molar refractivity (Wildman–Crippen MR) is 114 cm³/mol. The first-order valence-electron chi connectivity index (χ1n) is 9.61. The molecule has 0 bridgehead atoms. The van der Waals surface area contributed by atoms with Crippen LogP contribution in [0.15, 0.2) is 30.3 Å². The number of halogens is 2. The summed E-state index contributed by atoms with van der Waals surface area (Å²) in [6.45, 7) is 5.46. The van der Waals surface area contributed by atoms with E-state index in [0.29, 0.717) is 16.7 Å². The van der Waals surface area contributed by atoms with Crippen LogP contribution in [0.1, 0.15) is 32.6 Å². The summed E-state index contributed by atoms with van der Waals surface area (Å²) in [5, 5.41) is 2.97. The molecule has 2 aromatic rings. The molecule has 1 aliphatic rings. The minimum Gasteiger partial charge on any atom is -0.434 e. The number of thioether (sulfide) groups is 1. The molecule has 0 aliphatic carbocycles. The fourth-order valence-electron chi connectivity index (χ4n) is 3.54. The van der Waals surface area contributed by atoms with Crippen molar-refractivity contribution in [3.05, 3.63) is 58.1 Å². The first kappa shape index (κ1) is 21.6. The Balaban J connectivity index is 1.76. The molecule has 1 heterocycles. The summed E-state index contributed by atoms with van der Waals surface area (Å²) >= 11 is 1.98. The van der Waals surface area contributed by atoms with E-state index in [1.807, 2.05) is 30.8 Å². The van der Waals surface area contributed by atoms with Gasteiger partial charge in [0.15, 0.2) is 0 Å². The van der Waals surface area contributed by atoms with Crippen molar-refractivity contribution in [2.45, 2.75) is 33.9 Å². The first-order chi connectivity index (χ1) is 13.8. The van der Waals surface area contributed by atoms with E-state index in [2.05, 4.69) is 21.0 Å². The van der Waals surface area contributed by atoms with Gasteiger partial charge in [0.2, 0.25) is 0 Å². The molecule has 0 radical (unpaired) electrons. The summed E-state index contributed by atoms with van der Waals surface area (Å²) < 4.78 is 29.7. The minimum atomic E-state index is -2.89. The van der Waals surface area contributed by atoms with E-state index < -0.39 is 6.61 Å². The lowest BCUT2D eigenvalue weighted by molar-refractivity contribution is -0.0507. The van der Waals surface area contributed by atoms with Crippen LogP contribution in [-0.2, 0) is 6.54 Å². The lowest BCUT2D eigenvalue weighted by Crippen LogP contribution is -2.32. The molecule has 3 rings (SSSR count). The SMILES string of the molecule is Cc1cc(C(=O)Nc2cccc(CN3CCSCC3)c2C)cc(C)c1OC(F)F. The van der Waals surface area contributed by atoms with Crippen molar-refractivity contribution >= 4 is 23.4 Å². The Morgan fingerprint density at radius 2 is 1.83 bits per heavy atom. The number of benzene rings is 2. The monoisotopic (exact) mass is 420 g/mol. The third-order valence-corrected chi connectivity index (χ3v) is 6.06. The Morgan fingerprint density at radius 1 is 1.17 bits per heavy atom. The van der Waals surface area contributed by atoms with Crippen LogP contribution in [0.3, 0.4) is 0 Å². The summed E-state index contributed by atoms with van der Waals surface area (Å²) in [4.78, 5) is 15.2. The number of aryl methyl sites for hydroxylation is 2. The molecule has 1 fully saturated rings. The van der Waals surface area contributed by atoms with Crippen molar-refractivity contribution in [2.75, 3.05) is 29.9 Å². The van der Waals surface area contributed by atoms with Gasteiger partial charge in [0.1, 0.15) is 5.75 Å². The molecule has 156 valence electrons. The van der Waals surface area contributed by atoms with Gasteiger partial charge in [-0.25, -0.2) is 0 Å². The molecule has 1 amide bonds. The van der Waals surface area contributed by atoms with Crippen LogP contribution in [0.5, 0.6) is 5.75 Å². The topological polar surface area (TPSA) is 41.6 Å². The van der Waals surface area contributed by atoms with Gasteiger partial charge in [0.25, 0.3) is 5.91 Å². The molecule has 1 saturated heterocycles. The van der Waals surface area contributed by atoms with E-state index in [-0.39, 0.29) is 11.7 Å². The zero-order valence-electron chi connectivity index (χ0n) is 16.9. The lowest BCUT2D eigenvalue weighted by atomic mass is 10.0. The molecule has 0 unspecified atom stereocenters. The Hall–Kier alpha value is -2.12. The molecule has 2 aromatic carbocycles. The Kier molecular flexibility index (Phi) is 7.14. The van der Waals surface area contributed by atoms with Gasteiger partial charge < -0.3 is 10.1 Å². The van der Waals surface area contributed by atoms with Crippen molar-refractivity contribution < 1.29 is 18.3 Å². The minimum absolute atomic E-state index is 0.120. The first-order valence-corrected chi connectivity index (χ1v) is 10.8. The molecule has 0 aromatic heterocycles. The second-order valence-corrected chi connectivity index (χ2v) is 8.47. The van der Waals surface area contributed by atoms with E-state index in [9.17, 15) is 13.6 Å². The van der Waals surface area contributed by atoms with Crippen LogP contribution in [0.25, 0.3) is 0 Å². The van der Waals surface area contributed by atoms with Crippen LogP contribution in [-0.4, -0.2) is 42.0 Å². The Bertz CT molecular complexity index is 860. The Labute approximate surface area is 174 Å². The van der Waals surface area contributed by atoms with E-state index in [1.165, 1.54) is 5.56 Å². The zero-order chi connectivity index (χ0) is 21.0. The number of rotatable bonds is 6. The summed E-state index contributed by atoms with van der Waals surface area (Å²) in [5.74, 6) is 2.16. The molecule has 0 saturated carbocycles. The summed E-state index contributed by atoms with van der Waals surface area (Å²) in [7, 11) is 0. The second kappa shape index (κ2) is 9.59. The van der Waals surface area contributed by atoms with Crippen molar-refractivity contribution in [3.8, 4) is 5.75 Å². The van der Waals surface area contributed by atoms with Gasteiger partial charge in [-0.05, 0) is 61.2 Å². The lowest BCUT2D eigenvalue weighted by Gasteiger charge is -2.27. The van der Waals surface area contributed by atoms with Crippen molar-refractivity contribution in [3.63, 3.8) is 0 Å². The van der Waals surface area contributed by atoms with Crippen LogP contribution in [0.4, 0.5) is 14.5 Å². The number of amides is 1. The molecular weight excluding hydrogens is 394 g/mol. The van der Waals surface area contributed by atoms with Gasteiger partial charge in [0, 0.05) is 42.4 Å². The molecular formula is C22H26F2N2O2S. The number of nitrogens with one attached hydrogen (secondary N) is 1. The number of hydrogen-bond acceptors (Lipinski definition) is 4. The van der Waals surface area contributed by atoms with Crippen molar-refractivity contribution in [1.82, 2.24) is 4.90 Å². The maximum Gasteiger partial charge on any atom is 0.387 e. The molecule has 1 N–H and O–H groups in total. The summed E-state index contributed by atoms with van der Waals surface area (Å²) in [5.41, 5.74) is 4.43. The predicted octanol–water partition coefficient (Wildman–Crippen LogP) is 5.01. The van der Waals surface area contributed by atoms with Crippen LogP contribution < -0.4 is 10.1 Å². The van der Waals surface area contributed by atoms with Gasteiger partial charge in [-0.1, -0.05) is 12.1 Å². The van der Waals surface area contributed by atoms with Crippen LogP contribution in [0, 0.1) is 20.8 Å².